The van der Waals surface area contributed by atoms with Crippen molar-refractivity contribution in [1.82, 2.24) is 4.98 Å². The van der Waals surface area contributed by atoms with Gasteiger partial charge in [-0.3, -0.25) is 0 Å². The van der Waals surface area contributed by atoms with Crippen LogP contribution in [-0.4, -0.2) is 41.7 Å². The highest BCUT2D eigenvalue weighted by Gasteiger charge is 2.60. The number of hydrogen-bond acceptors (Lipinski definition) is 5. The molecule has 4 aliphatic rings. The zero-order valence-corrected chi connectivity index (χ0v) is 20.6. The third-order valence-corrected chi connectivity index (χ3v) is 9.59. The number of pyridine rings is 1. The van der Waals surface area contributed by atoms with Gasteiger partial charge in [-0.15, -0.1) is 0 Å². The van der Waals surface area contributed by atoms with Crippen molar-refractivity contribution in [3.8, 4) is 5.75 Å². The lowest BCUT2D eigenvalue weighted by molar-refractivity contribution is -0.316. The highest BCUT2D eigenvalue weighted by atomic mass is 16.7. The van der Waals surface area contributed by atoms with Crippen molar-refractivity contribution < 1.29 is 24.1 Å². The smallest absolute Gasteiger partial charge is 0.358 e. The Balaban J connectivity index is 1.29. The number of carboxylic acid groups (broad SMARTS) is 1. The number of rotatable bonds is 6. The van der Waals surface area contributed by atoms with Gasteiger partial charge in [0.25, 0.3) is 0 Å². The topological polar surface area (TPSA) is 77.9 Å². The molecular weight excluding hydrogens is 430 g/mol. The van der Waals surface area contributed by atoms with E-state index in [1.165, 1.54) is 37.5 Å². The van der Waals surface area contributed by atoms with E-state index in [2.05, 4.69) is 25.4 Å². The molecule has 5 rings (SSSR count). The van der Waals surface area contributed by atoms with Gasteiger partial charge in [-0.05, 0) is 74.3 Å². The molecule has 186 valence electrons. The van der Waals surface area contributed by atoms with Crippen molar-refractivity contribution in [3.63, 3.8) is 0 Å². The Morgan fingerprint density at radius 3 is 2.79 bits per heavy atom. The molecule has 6 heteroatoms. The molecule has 2 heterocycles. The summed E-state index contributed by atoms with van der Waals surface area (Å²) in [7, 11) is 0. The van der Waals surface area contributed by atoms with E-state index in [1.807, 2.05) is 0 Å². The molecule has 1 aliphatic heterocycles. The van der Waals surface area contributed by atoms with Gasteiger partial charge in [-0.25, -0.2) is 9.78 Å². The molecule has 0 spiro atoms. The van der Waals surface area contributed by atoms with Crippen LogP contribution in [0.25, 0.3) is 0 Å². The second-order valence-corrected chi connectivity index (χ2v) is 11.5. The lowest BCUT2D eigenvalue weighted by Crippen LogP contribution is -2.62. The molecule has 34 heavy (non-hydrogen) atoms. The van der Waals surface area contributed by atoms with Gasteiger partial charge in [0.2, 0.25) is 0 Å². The van der Waals surface area contributed by atoms with E-state index < -0.39 is 5.97 Å². The predicted octanol–water partition coefficient (Wildman–Crippen LogP) is 5.87. The van der Waals surface area contributed by atoms with Crippen molar-refractivity contribution in [2.75, 3.05) is 13.2 Å². The van der Waals surface area contributed by atoms with E-state index in [4.69, 9.17) is 14.2 Å². The maximum Gasteiger partial charge on any atom is 0.358 e. The van der Waals surface area contributed by atoms with Crippen molar-refractivity contribution in [3.05, 3.63) is 36.2 Å². The average molecular weight is 470 g/mol. The molecular formula is C28H39NO5. The zero-order chi connectivity index (χ0) is 23.9. The second kappa shape index (κ2) is 9.27. The van der Waals surface area contributed by atoms with Crippen LogP contribution in [0.5, 0.6) is 5.75 Å². The highest BCUT2D eigenvalue weighted by Crippen LogP contribution is 2.63. The minimum Gasteiger partial charge on any atom is -0.491 e. The predicted molar refractivity (Wildman–Crippen MR) is 129 cm³/mol. The van der Waals surface area contributed by atoms with Gasteiger partial charge in [-0.2, -0.15) is 0 Å². The van der Waals surface area contributed by atoms with Crippen LogP contribution in [0, 0.1) is 28.6 Å². The number of fused-ring (bicyclic) bond motifs is 3. The zero-order valence-electron chi connectivity index (χ0n) is 20.6. The lowest BCUT2D eigenvalue weighted by atomic mass is 9.46. The maximum atomic E-state index is 11.5. The summed E-state index contributed by atoms with van der Waals surface area (Å²) in [5.41, 5.74) is 1.40. The van der Waals surface area contributed by atoms with Crippen LogP contribution in [0.2, 0.25) is 0 Å². The summed E-state index contributed by atoms with van der Waals surface area (Å²) in [5, 5.41) is 9.40. The summed E-state index contributed by atoms with van der Waals surface area (Å²) in [5.74, 6) is 0.676. The first kappa shape index (κ1) is 23.8. The van der Waals surface area contributed by atoms with E-state index >= 15 is 0 Å². The van der Waals surface area contributed by atoms with Crippen LogP contribution in [0.15, 0.2) is 30.5 Å². The molecule has 0 bridgehead atoms. The normalized spacial score (nSPS) is 38.2. The summed E-state index contributed by atoms with van der Waals surface area (Å²) in [6, 6.07) is 3.39. The average Bonchev–Trinajstić information content (AvgIpc) is 3.35. The Kier molecular flexibility index (Phi) is 6.49. The summed E-state index contributed by atoms with van der Waals surface area (Å²) >= 11 is 0. The molecule has 6 atom stereocenters. The van der Waals surface area contributed by atoms with Crippen LogP contribution in [0.4, 0.5) is 0 Å². The molecule has 3 aliphatic carbocycles. The Labute approximate surface area is 203 Å². The standard InChI is InChI=1S/C28H39NO5/c1-18-10-11-22-27(2,20(18)13-16-32-21-9-6-15-29-24(21)25(30)31)14-12-23-28(22,3)17-33-26(34-23)19-7-4-5-8-19/h6,9,15,19-20,22-23,26H,1,4-5,7-8,10-14,16-17H2,2-3H3,(H,30,31)/t20-,22?,23-,26-,27+,28+/m1/s1. The van der Waals surface area contributed by atoms with Crippen LogP contribution in [-0.2, 0) is 9.47 Å². The molecule has 3 saturated carbocycles. The molecule has 1 unspecified atom stereocenters. The second-order valence-electron chi connectivity index (χ2n) is 11.5. The Bertz CT molecular complexity index is 927. The lowest BCUT2D eigenvalue weighted by Gasteiger charge is -2.63. The Morgan fingerprint density at radius 2 is 2.03 bits per heavy atom. The highest BCUT2D eigenvalue weighted by molar-refractivity contribution is 5.88. The molecule has 6 nitrogen and oxygen atoms in total. The third-order valence-electron chi connectivity index (χ3n) is 9.59. The fraction of sp³-hybridized carbons (Fsp3) is 0.714. The fourth-order valence-corrected chi connectivity index (χ4v) is 7.82. The molecule has 0 radical (unpaired) electrons. The summed E-state index contributed by atoms with van der Waals surface area (Å²) < 4.78 is 19.1. The minimum absolute atomic E-state index is 0.0156. The van der Waals surface area contributed by atoms with Crippen molar-refractivity contribution in [2.24, 2.45) is 28.6 Å². The molecule has 0 amide bonds. The first-order valence-electron chi connectivity index (χ1n) is 13.1. The summed E-state index contributed by atoms with van der Waals surface area (Å²) in [6.07, 6.45) is 12.0. The number of allylic oxidation sites excluding steroid dienone is 1. The van der Waals surface area contributed by atoms with Crippen molar-refractivity contribution >= 4 is 5.97 Å². The van der Waals surface area contributed by atoms with Crippen molar-refractivity contribution in [1.29, 1.82) is 0 Å². The third kappa shape index (κ3) is 4.07. The number of aromatic nitrogens is 1. The minimum atomic E-state index is -1.07. The van der Waals surface area contributed by atoms with Crippen molar-refractivity contribution in [2.45, 2.75) is 84.0 Å². The van der Waals surface area contributed by atoms with Gasteiger partial charge in [-0.1, -0.05) is 38.8 Å². The number of nitrogens with zero attached hydrogens (tertiary/aromatic N) is 1. The maximum absolute atomic E-state index is 11.5. The number of carboxylic acids is 1. The van der Waals surface area contributed by atoms with E-state index in [0.717, 1.165) is 38.7 Å². The summed E-state index contributed by atoms with van der Waals surface area (Å²) in [4.78, 5) is 15.4. The number of ether oxygens (including phenoxy) is 3. The molecule has 1 N–H and O–H groups in total. The Morgan fingerprint density at radius 1 is 1.24 bits per heavy atom. The van der Waals surface area contributed by atoms with Crippen LogP contribution in [0.3, 0.4) is 0 Å². The molecule has 1 aromatic heterocycles. The molecule has 4 fully saturated rings. The van der Waals surface area contributed by atoms with Gasteiger partial charge >= 0.3 is 5.97 Å². The quantitative estimate of drug-likeness (QED) is 0.525. The van der Waals surface area contributed by atoms with E-state index in [9.17, 15) is 9.90 Å². The van der Waals surface area contributed by atoms with Crippen LogP contribution < -0.4 is 4.74 Å². The van der Waals surface area contributed by atoms with Crippen LogP contribution in [0.1, 0.15) is 82.1 Å². The van der Waals surface area contributed by atoms with Gasteiger partial charge in [0.05, 0.1) is 19.3 Å². The van der Waals surface area contributed by atoms with Crippen LogP contribution >= 0.6 is 0 Å². The number of hydrogen-bond donors (Lipinski definition) is 1. The molecule has 0 aromatic carbocycles. The fourth-order valence-electron chi connectivity index (χ4n) is 7.82. The number of carbonyl (C=O) groups is 1. The van der Waals surface area contributed by atoms with E-state index in [-0.39, 0.29) is 28.9 Å². The molecule has 1 aromatic rings. The van der Waals surface area contributed by atoms with Gasteiger partial charge in [0, 0.05) is 17.5 Å². The first-order chi connectivity index (χ1) is 16.3. The van der Waals surface area contributed by atoms with Gasteiger partial charge < -0.3 is 19.3 Å². The Hall–Kier alpha value is -1.92. The monoisotopic (exact) mass is 469 g/mol. The van der Waals surface area contributed by atoms with E-state index in [0.29, 0.717) is 30.1 Å². The first-order valence-corrected chi connectivity index (χ1v) is 13.1. The number of aromatic carboxylic acids is 1. The van der Waals surface area contributed by atoms with Gasteiger partial charge in [0.1, 0.15) is 0 Å². The molecule has 1 saturated heterocycles. The van der Waals surface area contributed by atoms with Gasteiger partial charge in [0.15, 0.2) is 17.7 Å². The largest absolute Gasteiger partial charge is 0.491 e. The van der Waals surface area contributed by atoms with E-state index in [1.54, 1.807) is 12.1 Å². The SMILES string of the molecule is C=C1CCC2[C@]3(C)CO[C@@H](C4CCCC4)O[C@@H]3CC[C@@]2(C)[C@@H]1CCOc1cccnc1C(=O)O. The summed E-state index contributed by atoms with van der Waals surface area (Å²) in [6.45, 7) is 10.5.